The van der Waals surface area contributed by atoms with Gasteiger partial charge in [-0.15, -0.1) is 0 Å². The van der Waals surface area contributed by atoms with E-state index < -0.39 is 22.7 Å². The van der Waals surface area contributed by atoms with Crippen molar-refractivity contribution in [1.29, 1.82) is 5.26 Å². The molecule has 1 unspecified atom stereocenters. The van der Waals surface area contributed by atoms with E-state index in [-0.39, 0.29) is 29.7 Å². The maximum absolute atomic E-state index is 13.6. The fraction of sp³-hybridized carbons (Fsp3) is 0.577. The molecule has 1 N–H and O–H groups in total. The van der Waals surface area contributed by atoms with Crippen molar-refractivity contribution in [3.05, 3.63) is 41.5 Å². The van der Waals surface area contributed by atoms with Crippen LogP contribution in [0.3, 0.4) is 0 Å². The number of alkyl halides is 3. The highest BCUT2D eigenvalue weighted by Gasteiger charge is 2.52. The van der Waals surface area contributed by atoms with Gasteiger partial charge < -0.3 is 15.1 Å². The van der Waals surface area contributed by atoms with E-state index in [0.717, 1.165) is 31.7 Å². The molecule has 2 heterocycles. The van der Waals surface area contributed by atoms with Crippen molar-refractivity contribution in [3.63, 3.8) is 0 Å². The number of halogens is 3. The average Bonchev–Trinajstić information content (AvgIpc) is 3.33. The van der Waals surface area contributed by atoms with E-state index >= 15 is 0 Å². The van der Waals surface area contributed by atoms with Crippen molar-refractivity contribution in [2.24, 2.45) is 17.3 Å². The quantitative estimate of drug-likeness (QED) is 0.656. The SMILES string of the molecule is N#Cc1ccc(N2CC(C(=O)NC3CC3)C3(CCN(C(=O)C4CC=CC4)CC3)C2)cc1C(F)(F)F. The number of nitrogens with zero attached hydrogens (tertiary/aromatic N) is 3. The normalized spacial score (nSPS) is 24.1. The number of amides is 2. The van der Waals surface area contributed by atoms with E-state index in [1.807, 2.05) is 22.0 Å². The summed E-state index contributed by atoms with van der Waals surface area (Å²) in [5, 5.41) is 12.2. The third-order valence-electron chi connectivity index (χ3n) is 8.11. The van der Waals surface area contributed by atoms with Crippen molar-refractivity contribution in [2.45, 2.75) is 50.7 Å². The Hall–Kier alpha value is -3.02. The number of carbonyl (C=O) groups excluding carboxylic acids is 2. The van der Waals surface area contributed by atoms with E-state index in [2.05, 4.69) is 5.32 Å². The van der Waals surface area contributed by atoms with Crippen LogP contribution in [0.1, 0.15) is 49.7 Å². The Balaban J connectivity index is 1.37. The highest BCUT2D eigenvalue weighted by atomic mass is 19.4. The summed E-state index contributed by atoms with van der Waals surface area (Å²) in [6.45, 7) is 1.88. The molecule has 186 valence electrons. The summed E-state index contributed by atoms with van der Waals surface area (Å²) in [5.41, 5.74) is -1.40. The molecule has 9 heteroatoms. The molecule has 1 aromatic rings. The summed E-state index contributed by atoms with van der Waals surface area (Å²) in [4.78, 5) is 29.9. The highest BCUT2D eigenvalue weighted by Crippen LogP contribution is 2.47. The first-order valence-electron chi connectivity index (χ1n) is 12.3. The zero-order chi connectivity index (χ0) is 24.8. The van der Waals surface area contributed by atoms with Gasteiger partial charge in [0.05, 0.1) is 23.1 Å². The molecule has 3 fully saturated rings. The van der Waals surface area contributed by atoms with E-state index in [1.165, 1.54) is 12.1 Å². The summed E-state index contributed by atoms with van der Waals surface area (Å²) in [6.07, 6.45) is 4.15. The third kappa shape index (κ3) is 4.63. The lowest BCUT2D eigenvalue weighted by atomic mass is 9.70. The summed E-state index contributed by atoms with van der Waals surface area (Å²) < 4.78 is 40.7. The molecule has 1 spiro atoms. The van der Waals surface area contributed by atoms with Crippen LogP contribution >= 0.6 is 0 Å². The maximum Gasteiger partial charge on any atom is 0.417 e. The molecule has 1 saturated carbocycles. The lowest BCUT2D eigenvalue weighted by Gasteiger charge is -2.42. The van der Waals surface area contributed by atoms with E-state index in [4.69, 9.17) is 5.26 Å². The number of rotatable bonds is 4. The van der Waals surface area contributed by atoms with Crippen molar-refractivity contribution < 1.29 is 22.8 Å². The van der Waals surface area contributed by atoms with Crippen LogP contribution in [0.2, 0.25) is 0 Å². The fourth-order valence-electron chi connectivity index (χ4n) is 5.87. The van der Waals surface area contributed by atoms with Crippen LogP contribution < -0.4 is 10.2 Å². The number of carbonyl (C=O) groups is 2. The summed E-state index contributed by atoms with van der Waals surface area (Å²) >= 11 is 0. The number of nitriles is 1. The monoisotopic (exact) mass is 486 g/mol. The molecule has 0 radical (unpaired) electrons. The van der Waals surface area contributed by atoms with Crippen molar-refractivity contribution in [2.75, 3.05) is 31.1 Å². The van der Waals surface area contributed by atoms with Gasteiger partial charge in [-0.05, 0) is 56.7 Å². The van der Waals surface area contributed by atoms with Crippen LogP contribution in [0, 0.1) is 28.6 Å². The van der Waals surface area contributed by atoms with Gasteiger partial charge >= 0.3 is 6.18 Å². The Morgan fingerprint density at radius 3 is 2.40 bits per heavy atom. The average molecular weight is 487 g/mol. The molecule has 0 aromatic heterocycles. The second-order valence-corrected chi connectivity index (χ2v) is 10.4. The van der Waals surface area contributed by atoms with Crippen LogP contribution in [-0.4, -0.2) is 48.9 Å². The van der Waals surface area contributed by atoms with Gasteiger partial charge in [0.1, 0.15) is 0 Å². The van der Waals surface area contributed by atoms with Gasteiger partial charge in [0.15, 0.2) is 0 Å². The van der Waals surface area contributed by atoms with Gasteiger partial charge in [-0.25, -0.2) is 0 Å². The van der Waals surface area contributed by atoms with Crippen molar-refractivity contribution in [3.8, 4) is 6.07 Å². The Kier molecular flexibility index (Phi) is 6.02. The number of benzene rings is 1. The number of nitrogens with one attached hydrogen (secondary N) is 1. The first-order valence-corrected chi connectivity index (χ1v) is 12.3. The fourth-order valence-corrected chi connectivity index (χ4v) is 5.87. The lowest BCUT2D eigenvalue weighted by molar-refractivity contribution is -0.139. The molecule has 0 bridgehead atoms. The standard InChI is InChI=1S/C26H29F3N4O2/c27-26(28,29)21-13-20(8-5-18(21)14-30)33-15-22(23(34)31-19-6-7-19)25(16-33)9-11-32(12-10-25)24(35)17-3-1-2-4-17/h1-2,5,8,13,17,19,22H,3-4,6-7,9-12,15-16H2,(H,31,34). The van der Waals surface area contributed by atoms with E-state index in [0.29, 0.717) is 44.7 Å². The second kappa shape index (κ2) is 8.89. The molecule has 35 heavy (non-hydrogen) atoms. The molecule has 1 atom stereocenters. The number of piperidine rings is 1. The number of hydrogen-bond acceptors (Lipinski definition) is 4. The second-order valence-electron chi connectivity index (χ2n) is 10.4. The van der Waals surface area contributed by atoms with Gasteiger partial charge in [0.2, 0.25) is 11.8 Å². The Morgan fingerprint density at radius 2 is 1.80 bits per heavy atom. The summed E-state index contributed by atoms with van der Waals surface area (Å²) in [5.74, 6) is -0.254. The Bertz CT molecular complexity index is 1070. The van der Waals surface area contributed by atoms with E-state index in [1.54, 1.807) is 6.07 Å². The van der Waals surface area contributed by atoms with Crippen LogP contribution in [0.5, 0.6) is 0 Å². The molecule has 2 aliphatic carbocycles. The number of likely N-dealkylation sites (tertiary alicyclic amines) is 1. The summed E-state index contributed by atoms with van der Waals surface area (Å²) in [6, 6.07) is 5.59. The zero-order valence-corrected chi connectivity index (χ0v) is 19.5. The molecule has 2 aliphatic heterocycles. The molecule has 5 rings (SSSR count). The first kappa shape index (κ1) is 23.7. The zero-order valence-electron chi connectivity index (χ0n) is 19.5. The third-order valence-corrected chi connectivity index (χ3v) is 8.11. The highest BCUT2D eigenvalue weighted by molar-refractivity contribution is 5.82. The predicted molar refractivity (Wildman–Crippen MR) is 123 cm³/mol. The topological polar surface area (TPSA) is 76.4 Å². The molecule has 1 aromatic carbocycles. The number of anilines is 1. The first-order chi connectivity index (χ1) is 16.7. The molecule has 4 aliphatic rings. The minimum Gasteiger partial charge on any atom is -0.370 e. The van der Waals surface area contributed by atoms with Gasteiger partial charge in [-0.3, -0.25) is 9.59 Å². The minimum atomic E-state index is -4.64. The van der Waals surface area contributed by atoms with Gasteiger partial charge in [-0.2, -0.15) is 18.4 Å². The molecular formula is C26H29F3N4O2. The van der Waals surface area contributed by atoms with Gasteiger partial charge in [0, 0.05) is 49.2 Å². The molecule has 2 saturated heterocycles. The smallest absolute Gasteiger partial charge is 0.370 e. The molecule has 6 nitrogen and oxygen atoms in total. The largest absolute Gasteiger partial charge is 0.417 e. The predicted octanol–water partition coefficient (Wildman–Crippen LogP) is 3.87. The van der Waals surface area contributed by atoms with Crippen molar-refractivity contribution in [1.82, 2.24) is 10.2 Å². The lowest BCUT2D eigenvalue weighted by Crippen LogP contribution is -2.50. The van der Waals surface area contributed by atoms with Crippen molar-refractivity contribution >= 4 is 17.5 Å². The number of allylic oxidation sites excluding steroid dienone is 2. The van der Waals surface area contributed by atoms with Gasteiger partial charge in [0.25, 0.3) is 0 Å². The van der Waals surface area contributed by atoms with Gasteiger partial charge in [-0.1, -0.05) is 12.2 Å². The minimum absolute atomic E-state index is 0.00229. The Labute approximate surface area is 202 Å². The summed E-state index contributed by atoms with van der Waals surface area (Å²) in [7, 11) is 0. The number of hydrogen-bond donors (Lipinski definition) is 1. The van der Waals surface area contributed by atoms with Crippen LogP contribution in [-0.2, 0) is 15.8 Å². The van der Waals surface area contributed by atoms with Crippen LogP contribution in [0.15, 0.2) is 30.4 Å². The maximum atomic E-state index is 13.6. The van der Waals surface area contributed by atoms with E-state index in [9.17, 15) is 22.8 Å². The Morgan fingerprint density at radius 1 is 1.11 bits per heavy atom. The van der Waals surface area contributed by atoms with Crippen LogP contribution in [0.4, 0.5) is 18.9 Å². The molecule has 2 amide bonds. The van der Waals surface area contributed by atoms with Crippen LogP contribution in [0.25, 0.3) is 0 Å². The molecular weight excluding hydrogens is 457 g/mol.